The van der Waals surface area contributed by atoms with Crippen LogP contribution in [0.15, 0.2) is 103 Å². The molecule has 8 nitrogen and oxygen atoms in total. The number of hydrogen-bond acceptors (Lipinski definition) is 7. The molecule has 0 radical (unpaired) electrons. The predicted molar refractivity (Wildman–Crippen MR) is 143 cm³/mol. The van der Waals surface area contributed by atoms with Crippen LogP contribution in [0.5, 0.6) is 0 Å². The molecule has 0 spiro atoms. The highest BCUT2D eigenvalue weighted by atomic mass is 16.6. The van der Waals surface area contributed by atoms with Crippen LogP contribution in [-0.4, -0.2) is 50.9 Å². The van der Waals surface area contributed by atoms with Crippen LogP contribution in [0.25, 0.3) is 0 Å². The van der Waals surface area contributed by atoms with Crippen LogP contribution >= 0.6 is 0 Å². The van der Waals surface area contributed by atoms with E-state index < -0.39 is 29.6 Å². The van der Waals surface area contributed by atoms with Crippen LogP contribution < -0.4 is 10.6 Å². The molecule has 198 valence electrons. The number of rotatable bonds is 12. The highest BCUT2D eigenvalue weighted by molar-refractivity contribution is 5.86. The third kappa shape index (κ3) is 7.08. The quantitative estimate of drug-likeness (QED) is 0.124. The van der Waals surface area contributed by atoms with Crippen molar-refractivity contribution in [3.05, 3.63) is 120 Å². The molecule has 0 fully saturated rings. The van der Waals surface area contributed by atoms with Gasteiger partial charge in [-0.3, -0.25) is 10.1 Å². The van der Waals surface area contributed by atoms with E-state index in [-0.39, 0.29) is 25.3 Å². The molecule has 0 aromatic heterocycles. The Morgan fingerprint density at radius 1 is 0.816 bits per heavy atom. The highest BCUT2D eigenvalue weighted by Crippen LogP contribution is 2.37. The van der Waals surface area contributed by atoms with Crippen LogP contribution in [0.2, 0.25) is 0 Å². The lowest BCUT2D eigenvalue weighted by Gasteiger charge is -2.39. The molecule has 0 aliphatic rings. The first kappa shape index (κ1) is 28.1. The Hall–Kier alpha value is -4.43. The number of benzene rings is 3. The molecule has 1 atom stereocenters. The number of alkyl carbamates (subject to hydrolysis) is 1. The Kier molecular flexibility index (Phi) is 10.2. The molecule has 3 aromatic rings. The highest BCUT2D eigenvalue weighted by Gasteiger charge is 2.40. The minimum atomic E-state index is -1.02. The zero-order valence-corrected chi connectivity index (χ0v) is 21.5. The van der Waals surface area contributed by atoms with Crippen LogP contribution in [0.3, 0.4) is 0 Å². The van der Waals surface area contributed by atoms with E-state index in [9.17, 15) is 14.4 Å². The van der Waals surface area contributed by atoms with Crippen molar-refractivity contribution in [2.45, 2.75) is 18.5 Å². The van der Waals surface area contributed by atoms with Crippen molar-refractivity contribution in [2.24, 2.45) is 0 Å². The molecule has 2 N–H and O–H groups in total. The van der Waals surface area contributed by atoms with E-state index in [1.165, 1.54) is 14.0 Å². The Bertz CT molecular complexity index is 1120. The summed E-state index contributed by atoms with van der Waals surface area (Å²) in [5.41, 5.74) is 1.94. The van der Waals surface area contributed by atoms with Gasteiger partial charge in [-0.1, -0.05) is 97.6 Å². The molecule has 0 saturated carbocycles. The van der Waals surface area contributed by atoms with E-state index in [0.29, 0.717) is 0 Å². The average Bonchev–Trinajstić information content (AvgIpc) is 2.96. The third-order valence-corrected chi connectivity index (χ3v) is 5.83. The number of carbonyl (C=O) groups is 3. The second-order valence-electron chi connectivity index (χ2n) is 8.51. The zero-order valence-electron chi connectivity index (χ0n) is 21.5. The summed E-state index contributed by atoms with van der Waals surface area (Å²) in [4.78, 5) is 36.7. The van der Waals surface area contributed by atoms with Gasteiger partial charge in [0.25, 0.3) is 0 Å². The molecule has 0 saturated heterocycles. The number of esters is 2. The fraction of sp³-hybridized carbons (Fsp3) is 0.233. The van der Waals surface area contributed by atoms with Crippen molar-refractivity contribution in [1.29, 1.82) is 0 Å². The molecule has 1 amide bonds. The van der Waals surface area contributed by atoms with Gasteiger partial charge in [-0.2, -0.15) is 0 Å². The molecule has 0 bridgehead atoms. The maximum Gasteiger partial charge on any atom is 0.407 e. The van der Waals surface area contributed by atoms with Gasteiger partial charge in [-0.15, -0.1) is 0 Å². The second kappa shape index (κ2) is 13.8. The molecule has 0 heterocycles. The fourth-order valence-corrected chi connectivity index (χ4v) is 4.02. The van der Waals surface area contributed by atoms with Crippen LogP contribution in [-0.2, 0) is 29.3 Å². The minimum Gasteiger partial charge on any atom is -0.468 e. The number of carbonyl (C=O) groups excluding carboxylic acids is 3. The summed E-state index contributed by atoms with van der Waals surface area (Å²) >= 11 is 0. The van der Waals surface area contributed by atoms with Crippen LogP contribution in [0.4, 0.5) is 4.79 Å². The maximum atomic E-state index is 12.9. The molecule has 0 aliphatic heterocycles. The molecular formula is C30H32N2O6. The van der Waals surface area contributed by atoms with Gasteiger partial charge in [0.05, 0.1) is 19.2 Å². The standard InChI is InChI=1S/C30H32N2O6/c1-22(2)27(33)37-20-19-31-29(35)38-21-26(28(34)36-3)32-30(23-13-7-4-8-14-23,24-15-9-5-10-16-24)25-17-11-6-12-18-25/h4-18,26,32H,1,19-21H2,2-3H3,(H,31,35)/t26-/m0/s1. The smallest absolute Gasteiger partial charge is 0.407 e. The van der Waals surface area contributed by atoms with E-state index in [2.05, 4.69) is 17.2 Å². The monoisotopic (exact) mass is 516 g/mol. The Labute approximate surface area is 222 Å². The van der Waals surface area contributed by atoms with Gasteiger partial charge in [-0.25, -0.2) is 9.59 Å². The predicted octanol–water partition coefficient (Wildman–Crippen LogP) is 3.96. The van der Waals surface area contributed by atoms with E-state index in [1.807, 2.05) is 91.0 Å². The Balaban J connectivity index is 1.88. The molecule has 8 heteroatoms. The SMILES string of the molecule is C=C(C)C(=O)OCCNC(=O)OC[C@H](NC(c1ccccc1)(c1ccccc1)c1ccccc1)C(=O)OC. The summed E-state index contributed by atoms with van der Waals surface area (Å²) in [6.45, 7) is 4.72. The number of amides is 1. The van der Waals surface area contributed by atoms with Crippen molar-refractivity contribution in [3.8, 4) is 0 Å². The van der Waals surface area contributed by atoms with Crippen molar-refractivity contribution in [2.75, 3.05) is 26.9 Å². The van der Waals surface area contributed by atoms with Crippen LogP contribution in [0, 0.1) is 0 Å². The topological polar surface area (TPSA) is 103 Å². The van der Waals surface area contributed by atoms with Crippen LogP contribution in [0.1, 0.15) is 23.6 Å². The first-order valence-corrected chi connectivity index (χ1v) is 12.1. The molecule has 0 aliphatic carbocycles. The van der Waals surface area contributed by atoms with Gasteiger partial charge >= 0.3 is 18.0 Å². The third-order valence-electron chi connectivity index (χ3n) is 5.83. The van der Waals surface area contributed by atoms with Gasteiger partial charge in [0, 0.05) is 5.57 Å². The lowest BCUT2D eigenvalue weighted by Crippen LogP contribution is -2.55. The first-order chi connectivity index (χ1) is 18.4. The molecular weight excluding hydrogens is 484 g/mol. The maximum absolute atomic E-state index is 12.9. The number of nitrogens with one attached hydrogen (secondary N) is 2. The normalized spacial score (nSPS) is 11.6. The summed E-state index contributed by atoms with van der Waals surface area (Å²) in [5, 5.41) is 5.96. The average molecular weight is 517 g/mol. The van der Waals surface area contributed by atoms with Gasteiger partial charge < -0.3 is 19.5 Å². The van der Waals surface area contributed by atoms with Crippen molar-refractivity contribution in [1.82, 2.24) is 10.6 Å². The minimum absolute atomic E-state index is 0.0379. The Morgan fingerprint density at radius 3 is 1.71 bits per heavy atom. The summed E-state index contributed by atoms with van der Waals surface area (Å²) < 4.78 is 15.4. The first-order valence-electron chi connectivity index (χ1n) is 12.1. The van der Waals surface area contributed by atoms with Gasteiger partial charge in [0.15, 0.2) is 0 Å². The number of methoxy groups -OCH3 is 1. The van der Waals surface area contributed by atoms with E-state index in [1.54, 1.807) is 0 Å². The Morgan fingerprint density at radius 2 is 1.29 bits per heavy atom. The van der Waals surface area contributed by atoms with Crippen molar-refractivity contribution >= 4 is 18.0 Å². The van der Waals surface area contributed by atoms with Crippen molar-refractivity contribution < 1.29 is 28.6 Å². The number of hydrogen-bond donors (Lipinski definition) is 2. The van der Waals surface area contributed by atoms with Crippen molar-refractivity contribution in [3.63, 3.8) is 0 Å². The molecule has 3 aromatic carbocycles. The van der Waals surface area contributed by atoms with Gasteiger partial charge in [0.2, 0.25) is 0 Å². The largest absolute Gasteiger partial charge is 0.468 e. The number of ether oxygens (including phenoxy) is 3. The summed E-state index contributed by atoms with van der Waals surface area (Å²) in [5.74, 6) is -1.14. The van der Waals surface area contributed by atoms with Gasteiger partial charge in [-0.05, 0) is 23.6 Å². The second-order valence-corrected chi connectivity index (χ2v) is 8.51. The van der Waals surface area contributed by atoms with E-state index in [4.69, 9.17) is 14.2 Å². The van der Waals surface area contributed by atoms with E-state index >= 15 is 0 Å². The zero-order chi connectivity index (χ0) is 27.4. The van der Waals surface area contributed by atoms with E-state index in [0.717, 1.165) is 16.7 Å². The summed E-state index contributed by atoms with van der Waals surface area (Å²) in [7, 11) is 1.28. The van der Waals surface area contributed by atoms with Gasteiger partial charge in [0.1, 0.15) is 19.3 Å². The lowest BCUT2D eigenvalue weighted by molar-refractivity contribution is -0.144. The summed E-state index contributed by atoms with van der Waals surface area (Å²) in [6.07, 6.45) is -0.767. The summed E-state index contributed by atoms with van der Waals surface area (Å²) in [6, 6.07) is 28.1. The lowest BCUT2D eigenvalue weighted by atomic mass is 9.76. The molecule has 0 unspecified atom stereocenters. The molecule has 38 heavy (non-hydrogen) atoms. The fourth-order valence-electron chi connectivity index (χ4n) is 4.02. The molecule has 3 rings (SSSR count).